The van der Waals surface area contributed by atoms with Crippen LogP contribution in [0.25, 0.3) is 0 Å². The molecule has 1 rings (SSSR count). The van der Waals surface area contributed by atoms with Crippen molar-refractivity contribution in [2.75, 3.05) is 33.3 Å². The number of hydrogen-bond acceptors (Lipinski definition) is 3. The van der Waals surface area contributed by atoms with E-state index in [0.717, 1.165) is 19.6 Å². The molecule has 1 aliphatic rings. The van der Waals surface area contributed by atoms with Crippen molar-refractivity contribution in [2.45, 2.75) is 45.8 Å². The van der Waals surface area contributed by atoms with Crippen molar-refractivity contribution in [3.05, 3.63) is 0 Å². The van der Waals surface area contributed by atoms with E-state index in [1.807, 2.05) is 7.11 Å². The third kappa shape index (κ3) is 4.40. The minimum absolute atomic E-state index is 0.423. The van der Waals surface area contributed by atoms with Gasteiger partial charge in [0.1, 0.15) is 0 Å². The van der Waals surface area contributed by atoms with Gasteiger partial charge in [-0.25, -0.2) is 0 Å². The number of piperidine rings is 1. The quantitative estimate of drug-likeness (QED) is 0.749. The second-order valence-electron chi connectivity index (χ2n) is 5.15. The van der Waals surface area contributed by atoms with Crippen LogP contribution in [0.1, 0.15) is 33.6 Å². The molecule has 0 aliphatic carbocycles. The van der Waals surface area contributed by atoms with Gasteiger partial charge >= 0.3 is 0 Å². The lowest BCUT2D eigenvalue weighted by molar-refractivity contribution is -0.00687. The Morgan fingerprint density at radius 2 is 2.25 bits per heavy atom. The van der Waals surface area contributed by atoms with Gasteiger partial charge in [0.25, 0.3) is 0 Å². The summed E-state index contributed by atoms with van der Waals surface area (Å²) < 4.78 is 5.53. The molecule has 3 nitrogen and oxygen atoms in total. The zero-order valence-corrected chi connectivity index (χ0v) is 11.3. The van der Waals surface area contributed by atoms with Crippen LogP contribution in [0.5, 0.6) is 0 Å². The number of methoxy groups -OCH3 is 1. The zero-order chi connectivity index (χ0) is 12.0. The van der Waals surface area contributed by atoms with Crippen LogP contribution in [0.15, 0.2) is 0 Å². The molecule has 1 saturated heterocycles. The molecule has 0 aromatic rings. The Morgan fingerprint density at radius 3 is 2.88 bits per heavy atom. The van der Waals surface area contributed by atoms with Crippen LogP contribution >= 0.6 is 0 Å². The van der Waals surface area contributed by atoms with Crippen LogP contribution < -0.4 is 5.32 Å². The highest BCUT2D eigenvalue weighted by Gasteiger charge is 2.26. The lowest BCUT2D eigenvalue weighted by Crippen LogP contribution is -2.48. The molecule has 0 saturated carbocycles. The van der Waals surface area contributed by atoms with Crippen molar-refractivity contribution < 1.29 is 4.74 Å². The van der Waals surface area contributed by atoms with Crippen LogP contribution in [-0.2, 0) is 4.74 Å². The van der Waals surface area contributed by atoms with Crippen molar-refractivity contribution in [1.29, 1.82) is 0 Å². The minimum Gasteiger partial charge on any atom is -0.380 e. The van der Waals surface area contributed by atoms with E-state index in [0.29, 0.717) is 18.1 Å². The van der Waals surface area contributed by atoms with E-state index >= 15 is 0 Å². The Morgan fingerprint density at radius 1 is 1.50 bits per heavy atom. The predicted octanol–water partition coefficient (Wildman–Crippen LogP) is 1.73. The molecule has 3 heteroatoms. The average molecular weight is 228 g/mol. The molecule has 0 radical (unpaired) electrons. The van der Waals surface area contributed by atoms with E-state index in [2.05, 4.69) is 31.0 Å². The molecule has 1 aliphatic heterocycles. The lowest BCUT2D eigenvalue weighted by Gasteiger charge is -2.37. The summed E-state index contributed by atoms with van der Waals surface area (Å²) in [5.74, 6) is 0.708. The Kier molecular flexibility index (Phi) is 6.32. The molecule has 16 heavy (non-hydrogen) atoms. The maximum atomic E-state index is 5.53. The van der Waals surface area contributed by atoms with Crippen molar-refractivity contribution in [1.82, 2.24) is 10.2 Å². The largest absolute Gasteiger partial charge is 0.380 e. The Labute approximate surface area is 101 Å². The van der Waals surface area contributed by atoms with E-state index in [4.69, 9.17) is 4.74 Å². The highest BCUT2D eigenvalue weighted by Crippen LogP contribution is 2.19. The van der Waals surface area contributed by atoms with Crippen molar-refractivity contribution in [3.63, 3.8) is 0 Å². The summed E-state index contributed by atoms with van der Waals surface area (Å²) in [6.45, 7) is 11.4. The number of ether oxygens (including phenoxy) is 1. The smallest absolute Gasteiger partial charge is 0.0724 e. The summed E-state index contributed by atoms with van der Waals surface area (Å²) in [4.78, 5) is 2.53. The van der Waals surface area contributed by atoms with Gasteiger partial charge in [-0.15, -0.1) is 0 Å². The molecule has 3 atom stereocenters. The first kappa shape index (κ1) is 13.9. The van der Waals surface area contributed by atoms with Crippen LogP contribution in [0, 0.1) is 5.92 Å². The van der Waals surface area contributed by atoms with E-state index in [-0.39, 0.29) is 0 Å². The highest BCUT2D eigenvalue weighted by atomic mass is 16.5. The summed E-state index contributed by atoms with van der Waals surface area (Å²) in [5, 5.41) is 3.54. The van der Waals surface area contributed by atoms with Gasteiger partial charge in [0, 0.05) is 26.2 Å². The van der Waals surface area contributed by atoms with Crippen molar-refractivity contribution >= 4 is 0 Å². The van der Waals surface area contributed by atoms with Crippen LogP contribution in [0.3, 0.4) is 0 Å². The van der Waals surface area contributed by atoms with Gasteiger partial charge in [0.05, 0.1) is 6.10 Å². The fourth-order valence-corrected chi connectivity index (χ4v) is 2.41. The third-order valence-corrected chi connectivity index (χ3v) is 3.55. The summed E-state index contributed by atoms with van der Waals surface area (Å²) >= 11 is 0. The lowest BCUT2D eigenvalue weighted by atomic mass is 9.95. The summed E-state index contributed by atoms with van der Waals surface area (Å²) in [6, 6.07) is 0.589. The molecular formula is C13H28N2O. The second-order valence-corrected chi connectivity index (χ2v) is 5.15. The fourth-order valence-electron chi connectivity index (χ4n) is 2.41. The predicted molar refractivity (Wildman–Crippen MR) is 68.8 cm³/mol. The first-order valence-corrected chi connectivity index (χ1v) is 6.65. The van der Waals surface area contributed by atoms with E-state index < -0.39 is 0 Å². The fraction of sp³-hybridized carbons (Fsp3) is 1.00. The summed E-state index contributed by atoms with van der Waals surface area (Å²) in [6.07, 6.45) is 2.90. The average Bonchev–Trinajstić information content (AvgIpc) is 2.29. The second kappa shape index (κ2) is 7.25. The van der Waals surface area contributed by atoms with Gasteiger partial charge in [-0.1, -0.05) is 13.8 Å². The topological polar surface area (TPSA) is 24.5 Å². The first-order chi connectivity index (χ1) is 7.67. The Hall–Kier alpha value is -0.120. The molecular weight excluding hydrogens is 200 g/mol. The standard InChI is InChI=1S/C13H28N2O/c1-5-7-14-12(3)9-15-8-6-11(2)13(10-15)16-4/h11-14H,5-10H2,1-4H3. The van der Waals surface area contributed by atoms with Gasteiger partial charge in [-0.2, -0.15) is 0 Å². The normalized spacial score (nSPS) is 29.2. The molecule has 0 bridgehead atoms. The monoisotopic (exact) mass is 228 g/mol. The SMILES string of the molecule is CCCNC(C)CN1CCC(C)C(OC)C1. The van der Waals surface area contributed by atoms with Crippen LogP contribution in [0.4, 0.5) is 0 Å². The molecule has 0 spiro atoms. The van der Waals surface area contributed by atoms with Gasteiger partial charge in [0.2, 0.25) is 0 Å². The maximum absolute atomic E-state index is 5.53. The number of rotatable bonds is 6. The van der Waals surface area contributed by atoms with Gasteiger partial charge in [0.15, 0.2) is 0 Å². The van der Waals surface area contributed by atoms with Gasteiger partial charge in [-0.05, 0) is 38.8 Å². The number of nitrogens with zero attached hydrogens (tertiary/aromatic N) is 1. The highest BCUT2D eigenvalue weighted by molar-refractivity contribution is 4.80. The van der Waals surface area contributed by atoms with E-state index in [9.17, 15) is 0 Å². The molecule has 1 heterocycles. The van der Waals surface area contributed by atoms with Crippen molar-refractivity contribution in [3.8, 4) is 0 Å². The Bertz CT molecular complexity index is 187. The molecule has 0 aromatic carbocycles. The molecule has 0 aromatic heterocycles. The molecule has 0 amide bonds. The van der Waals surface area contributed by atoms with Gasteiger partial charge in [-0.3, -0.25) is 4.90 Å². The van der Waals surface area contributed by atoms with Crippen molar-refractivity contribution in [2.24, 2.45) is 5.92 Å². The summed E-state index contributed by atoms with van der Waals surface area (Å²) in [7, 11) is 1.84. The van der Waals surface area contributed by atoms with Crippen LogP contribution in [-0.4, -0.2) is 50.3 Å². The first-order valence-electron chi connectivity index (χ1n) is 6.65. The molecule has 96 valence electrons. The molecule has 1 N–H and O–H groups in total. The Balaban J connectivity index is 2.27. The number of hydrogen-bond donors (Lipinski definition) is 1. The third-order valence-electron chi connectivity index (χ3n) is 3.55. The van der Waals surface area contributed by atoms with Crippen LogP contribution in [0.2, 0.25) is 0 Å². The molecule has 1 fully saturated rings. The maximum Gasteiger partial charge on any atom is 0.0724 e. The molecule has 3 unspecified atom stereocenters. The minimum atomic E-state index is 0.423. The van der Waals surface area contributed by atoms with Gasteiger partial charge < -0.3 is 10.1 Å². The van der Waals surface area contributed by atoms with E-state index in [1.165, 1.54) is 19.4 Å². The number of nitrogens with one attached hydrogen (secondary N) is 1. The van der Waals surface area contributed by atoms with E-state index in [1.54, 1.807) is 0 Å². The zero-order valence-electron chi connectivity index (χ0n) is 11.3. The summed E-state index contributed by atoms with van der Waals surface area (Å²) in [5.41, 5.74) is 0. The number of likely N-dealkylation sites (tertiary alicyclic amines) is 1.